The van der Waals surface area contributed by atoms with Crippen molar-refractivity contribution in [3.8, 4) is 0 Å². The van der Waals surface area contributed by atoms with Gasteiger partial charge in [0.1, 0.15) is 5.82 Å². The fraction of sp³-hybridized carbons (Fsp3) is 0.429. The van der Waals surface area contributed by atoms with Crippen molar-refractivity contribution in [2.75, 3.05) is 13.1 Å². The molecule has 3 saturated heterocycles. The molecule has 3 heterocycles. The van der Waals surface area contributed by atoms with E-state index in [1.54, 1.807) is 18.2 Å². The van der Waals surface area contributed by atoms with Crippen LogP contribution in [0.3, 0.4) is 0 Å². The summed E-state index contributed by atoms with van der Waals surface area (Å²) in [5.41, 5.74) is 1.45. The van der Waals surface area contributed by atoms with Crippen LogP contribution < -0.4 is 0 Å². The number of fused-ring (bicyclic) bond motifs is 3. The van der Waals surface area contributed by atoms with E-state index >= 15 is 0 Å². The first-order valence-corrected chi connectivity index (χ1v) is 6.15. The van der Waals surface area contributed by atoms with Gasteiger partial charge >= 0.3 is 0 Å². The van der Waals surface area contributed by atoms with Crippen LogP contribution in [0.5, 0.6) is 0 Å². The maximum atomic E-state index is 13.6. The Morgan fingerprint density at radius 1 is 1.24 bits per heavy atom. The summed E-state index contributed by atoms with van der Waals surface area (Å²) >= 11 is 0. The highest BCUT2D eigenvalue weighted by Crippen LogP contribution is 2.35. The van der Waals surface area contributed by atoms with Crippen molar-refractivity contribution < 1.29 is 9.50 Å². The minimum atomic E-state index is -0.419. The minimum absolute atomic E-state index is 0.227. The molecule has 4 rings (SSSR count). The van der Waals surface area contributed by atoms with E-state index in [-0.39, 0.29) is 5.82 Å². The van der Waals surface area contributed by atoms with Gasteiger partial charge in [-0.05, 0) is 30.9 Å². The van der Waals surface area contributed by atoms with Gasteiger partial charge in [-0.3, -0.25) is 0 Å². The molecule has 3 aliphatic rings. The highest BCUT2D eigenvalue weighted by atomic mass is 19.1. The van der Waals surface area contributed by atoms with E-state index in [1.807, 2.05) is 6.07 Å². The average molecular weight is 233 g/mol. The second kappa shape index (κ2) is 4.15. The fourth-order valence-electron chi connectivity index (χ4n) is 2.83. The molecule has 3 aliphatic heterocycles. The van der Waals surface area contributed by atoms with E-state index in [0.29, 0.717) is 11.5 Å². The summed E-state index contributed by atoms with van der Waals surface area (Å²) in [5, 5.41) is 10.2. The van der Waals surface area contributed by atoms with E-state index in [0.717, 1.165) is 31.6 Å². The summed E-state index contributed by atoms with van der Waals surface area (Å²) < 4.78 is 13.6. The molecule has 0 aromatic heterocycles. The molecule has 1 atom stereocenters. The van der Waals surface area contributed by atoms with E-state index < -0.39 is 6.10 Å². The third-order valence-corrected chi connectivity index (χ3v) is 3.86. The molecular weight excluding hydrogens is 217 g/mol. The Bertz CT molecular complexity index is 445. The van der Waals surface area contributed by atoms with Crippen LogP contribution in [-0.4, -0.2) is 29.2 Å². The molecule has 0 radical (unpaired) electrons. The summed E-state index contributed by atoms with van der Waals surface area (Å²) in [6, 6.07) is 6.70. The standard InChI is InChI=1S/C14H16FNO/c15-12-4-2-1-3-11(12)9-13-14(17)10-5-7-16(13)8-6-10/h1-4,9-10,14,17H,5-8H2/b13-9-/t14-/m0/s1. The van der Waals surface area contributed by atoms with Gasteiger partial charge in [0.25, 0.3) is 0 Å². The maximum Gasteiger partial charge on any atom is 0.130 e. The topological polar surface area (TPSA) is 23.5 Å². The van der Waals surface area contributed by atoms with Crippen LogP contribution in [0.2, 0.25) is 0 Å². The van der Waals surface area contributed by atoms with Crippen LogP contribution in [0, 0.1) is 11.7 Å². The number of piperidine rings is 3. The van der Waals surface area contributed by atoms with Gasteiger partial charge in [-0.1, -0.05) is 18.2 Å². The van der Waals surface area contributed by atoms with Crippen LogP contribution in [0.15, 0.2) is 30.0 Å². The average Bonchev–Trinajstić information content (AvgIpc) is 2.36. The van der Waals surface area contributed by atoms with Gasteiger partial charge in [0.05, 0.1) is 6.10 Å². The van der Waals surface area contributed by atoms with E-state index in [9.17, 15) is 9.50 Å². The van der Waals surface area contributed by atoms with Gasteiger partial charge in [0.15, 0.2) is 0 Å². The minimum Gasteiger partial charge on any atom is -0.387 e. The summed E-state index contributed by atoms with van der Waals surface area (Å²) in [4.78, 5) is 2.18. The first-order valence-electron chi connectivity index (χ1n) is 6.15. The number of nitrogens with zero attached hydrogens (tertiary/aromatic N) is 1. The third-order valence-electron chi connectivity index (χ3n) is 3.86. The van der Waals surface area contributed by atoms with Crippen molar-refractivity contribution in [3.05, 3.63) is 41.3 Å². The van der Waals surface area contributed by atoms with E-state index in [4.69, 9.17) is 0 Å². The van der Waals surface area contributed by atoms with Crippen molar-refractivity contribution >= 4 is 6.08 Å². The zero-order valence-electron chi connectivity index (χ0n) is 9.64. The largest absolute Gasteiger partial charge is 0.387 e. The predicted octanol–water partition coefficient (Wildman–Crippen LogP) is 2.25. The van der Waals surface area contributed by atoms with Crippen molar-refractivity contribution in [2.24, 2.45) is 5.92 Å². The molecule has 1 aromatic rings. The maximum absolute atomic E-state index is 13.6. The molecule has 3 fully saturated rings. The molecule has 2 nitrogen and oxygen atoms in total. The lowest BCUT2D eigenvalue weighted by Crippen LogP contribution is -2.48. The Hall–Kier alpha value is -1.35. The summed E-state index contributed by atoms with van der Waals surface area (Å²) in [5.74, 6) is 0.132. The zero-order chi connectivity index (χ0) is 11.8. The Morgan fingerprint density at radius 3 is 2.59 bits per heavy atom. The Balaban J connectivity index is 1.96. The number of rotatable bonds is 1. The number of halogens is 1. The number of aliphatic hydroxyl groups is 1. The molecule has 0 saturated carbocycles. The Morgan fingerprint density at radius 2 is 1.94 bits per heavy atom. The van der Waals surface area contributed by atoms with E-state index in [2.05, 4.69) is 4.90 Å². The number of hydrogen-bond acceptors (Lipinski definition) is 2. The van der Waals surface area contributed by atoms with Gasteiger partial charge in [-0.25, -0.2) is 4.39 Å². The van der Waals surface area contributed by atoms with Gasteiger partial charge < -0.3 is 10.0 Å². The smallest absolute Gasteiger partial charge is 0.130 e. The Kier molecular flexibility index (Phi) is 2.63. The highest BCUT2D eigenvalue weighted by Gasteiger charge is 2.36. The lowest BCUT2D eigenvalue weighted by atomic mass is 9.83. The van der Waals surface area contributed by atoms with Crippen LogP contribution >= 0.6 is 0 Å². The lowest BCUT2D eigenvalue weighted by Gasteiger charge is -2.45. The quantitative estimate of drug-likeness (QED) is 0.804. The number of aliphatic hydroxyl groups excluding tert-OH is 1. The van der Waals surface area contributed by atoms with E-state index in [1.165, 1.54) is 6.07 Å². The molecule has 1 N–H and O–H groups in total. The summed E-state index contributed by atoms with van der Waals surface area (Å²) in [6.45, 7) is 1.98. The normalized spacial score (nSPS) is 30.0. The van der Waals surface area contributed by atoms with Gasteiger partial charge in [0.2, 0.25) is 0 Å². The SMILES string of the molecule is O[C@@H]1/C(=C/c2ccccc2F)N2CCC1CC2. The molecule has 0 amide bonds. The monoisotopic (exact) mass is 233 g/mol. The Labute approximate surface area is 100 Å². The molecule has 3 heteroatoms. The second-order valence-electron chi connectivity index (χ2n) is 4.86. The second-order valence-corrected chi connectivity index (χ2v) is 4.86. The molecule has 2 bridgehead atoms. The fourth-order valence-corrected chi connectivity index (χ4v) is 2.83. The van der Waals surface area contributed by atoms with Crippen LogP contribution in [0.4, 0.5) is 4.39 Å². The molecule has 0 spiro atoms. The van der Waals surface area contributed by atoms with Crippen LogP contribution in [0.1, 0.15) is 18.4 Å². The number of benzene rings is 1. The lowest BCUT2D eigenvalue weighted by molar-refractivity contribution is 0.0215. The van der Waals surface area contributed by atoms with Crippen molar-refractivity contribution in [2.45, 2.75) is 18.9 Å². The number of hydrogen-bond donors (Lipinski definition) is 1. The van der Waals surface area contributed by atoms with Crippen molar-refractivity contribution in [1.29, 1.82) is 0 Å². The summed E-state index contributed by atoms with van der Waals surface area (Å²) in [7, 11) is 0. The molecule has 1 aromatic carbocycles. The highest BCUT2D eigenvalue weighted by molar-refractivity contribution is 5.54. The molecule has 0 aliphatic carbocycles. The molecular formula is C14H16FNO. The molecule has 17 heavy (non-hydrogen) atoms. The van der Waals surface area contributed by atoms with Crippen molar-refractivity contribution in [3.63, 3.8) is 0 Å². The van der Waals surface area contributed by atoms with Gasteiger partial charge in [0, 0.05) is 24.4 Å². The van der Waals surface area contributed by atoms with Crippen molar-refractivity contribution in [1.82, 2.24) is 4.90 Å². The van der Waals surface area contributed by atoms with Crippen LogP contribution in [-0.2, 0) is 0 Å². The van der Waals surface area contributed by atoms with Gasteiger partial charge in [-0.15, -0.1) is 0 Å². The first-order chi connectivity index (χ1) is 8.25. The first kappa shape index (κ1) is 10.8. The van der Waals surface area contributed by atoms with Crippen LogP contribution in [0.25, 0.3) is 6.08 Å². The molecule has 0 unspecified atom stereocenters. The third kappa shape index (κ3) is 1.84. The van der Waals surface area contributed by atoms with Gasteiger partial charge in [-0.2, -0.15) is 0 Å². The molecule has 90 valence electrons. The zero-order valence-corrected chi connectivity index (χ0v) is 9.64. The summed E-state index contributed by atoms with van der Waals surface area (Å²) in [6.07, 6.45) is 3.48. The predicted molar refractivity (Wildman–Crippen MR) is 64.7 cm³/mol.